The summed E-state index contributed by atoms with van der Waals surface area (Å²) in [5, 5.41) is 2.99. The fourth-order valence-electron chi connectivity index (χ4n) is 3.53. The first-order valence-corrected chi connectivity index (χ1v) is 8.58. The van der Waals surface area contributed by atoms with E-state index in [4.69, 9.17) is 0 Å². The molecule has 4 nitrogen and oxygen atoms in total. The Balaban J connectivity index is 1.54. The molecule has 0 bridgehead atoms. The van der Waals surface area contributed by atoms with Gasteiger partial charge in [-0.2, -0.15) is 0 Å². The van der Waals surface area contributed by atoms with Gasteiger partial charge in [-0.3, -0.25) is 14.7 Å². The molecule has 2 atom stereocenters. The van der Waals surface area contributed by atoms with Crippen LogP contribution in [-0.2, 0) is 11.3 Å². The number of likely N-dealkylation sites (tertiary alicyclic amines) is 1. The highest BCUT2D eigenvalue weighted by molar-refractivity contribution is 5.78. The molecule has 4 heteroatoms. The minimum absolute atomic E-state index is 0.0798. The minimum Gasteiger partial charge on any atom is -0.351 e. The van der Waals surface area contributed by atoms with Gasteiger partial charge in [0.2, 0.25) is 5.91 Å². The maximum atomic E-state index is 12.3. The second kappa shape index (κ2) is 7.58. The van der Waals surface area contributed by atoms with Crippen LogP contribution in [0, 0.1) is 6.92 Å². The molecule has 2 heterocycles. The van der Waals surface area contributed by atoms with Gasteiger partial charge in [-0.25, -0.2) is 0 Å². The molecule has 1 saturated heterocycles. The van der Waals surface area contributed by atoms with E-state index in [2.05, 4.69) is 53.3 Å². The summed E-state index contributed by atoms with van der Waals surface area (Å²) in [5.41, 5.74) is 3.79. The second-order valence-electron chi connectivity index (χ2n) is 6.71. The van der Waals surface area contributed by atoms with E-state index in [0.29, 0.717) is 25.0 Å². The molecule has 0 radical (unpaired) electrons. The van der Waals surface area contributed by atoms with Crippen molar-refractivity contribution in [2.75, 3.05) is 13.1 Å². The molecule has 1 amide bonds. The Labute approximate surface area is 143 Å². The summed E-state index contributed by atoms with van der Waals surface area (Å²) in [6, 6.07) is 12.9. The number of pyridine rings is 1. The molecule has 126 valence electrons. The second-order valence-corrected chi connectivity index (χ2v) is 6.71. The summed E-state index contributed by atoms with van der Waals surface area (Å²) >= 11 is 0. The summed E-state index contributed by atoms with van der Waals surface area (Å²) in [5.74, 6) is 0.600. The van der Waals surface area contributed by atoms with Gasteiger partial charge in [0.15, 0.2) is 0 Å². The molecule has 1 fully saturated rings. The average molecular weight is 323 g/mol. The minimum atomic E-state index is 0.0798. The van der Waals surface area contributed by atoms with Gasteiger partial charge >= 0.3 is 0 Å². The predicted octanol–water partition coefficient (Wildman–Crippen LogP) is 2.88. The van der Waals surface area contributed by atoms with Gasteiger partial charge in [-0.1, -0.05) is 30.3 Å². The maximum absolute atomic E-state index is 12.3. The fourth-order valence-corrected chi connectivity index (χ4v) is 3.53. The van der Waals surface area contributed by atoms with Gasteiger partial charge in [-0.15, -0.1) is 0 Å². The van der Waals surface area contributed by atoms with Gasteiger partial charge in [0, 0.05) is 31.5 Å². The molecule has 1 N–H and O–H groups in total. The molecular formula is C20H25N3O. The van der Waals surface area contributed by atoms with Crippen molar-refractivity contribution in [2.45, 2.75) is 38.8 Å². The number of benzene rings is 1. The van der Waals surface area contributed by atoms with Gasteiger partial charge in [0.25, 0.3) is 0 Å². The average Bonchev–Trinajstić information content (AvgIpc) is 2.95. The number of aromatic nitrogens is 1. The monoisotopic (exact) mass is 323 g/mol. The van der Waals surface area contributed by atoms with Crippen molar-refractivity contribution >= 4 is 5.91 Å². The number of aryl methyl sites for hydroxylation is 1. The van der Waals surface area contributed by atoms with Crippen LogP contribution in [0.3, 0.4) is 0 Å². The molecule has 24 heavy (non-hydrogen) atoms. The zero-order valence-electron chi connectivity index (χ0n) is 14.4. The number of rotatable bonds is 5. The SMILES string of the molecule is Cc1ccccc1[C@@H]1C[C@H](C)N(CC(=O)NCc2cccnc2)C1. The first kappa shape index (κ1) is 16.7. The number of carbonyl (C=O) groups is 1. The molecule has 2 aromatic rings. The molecule has 1 aromatic heterocycles. The number of hydrogen-bond donors (Lipinski definition) is 1. The molecule has 0 aliphatic carbocycles. The van der Waals surface area contributed by atoms with Crippen LogP contribution >= 0.6 is 0 Å². The van der Waals surface area contributed by atoms with E-state index < -0.39 is 0 Å². The number of carbonyl (C=O) groups excluding carboxylic acids is 1. The summed E-state index contributed by atoms with van der Waals surface area (Å²) in [7, 11) is 0. The van der Waals surface area contributed by atoms with E-state index >= 15 is 0 Å². The zero-order valence-corrected chi connectivity index (χ0v) is 14.4. The topological polar surface area (TPSA) is 45.2 Å². The number of nitrogens with zero attached hydrogens (tertiary/aromatic N) is 2. The Morgan fingerprint density at radius 3 is 2.88 bits per heavy atom. The Bertz CT molecular complexity index is 686. The first-order valence-electron chi connectivity index (χ1n) is 8.58. The molecule has 1 aromatic carbocycles. The lowest BCUT2D eigenvalue weighted by molar-refractivity contribution is -0.122. The smallest absolute Gasteiger partial charge is 0.234 e. The van der Waals surface area contributed by atoms with Gasteiger partial charge in [0.1, 0.15) is 0 Å². The molecule has 1 aliphatic rings. The van der Waals surface area contributed by atoms with Crippen molar-refractivity contribution < 1.29 is 4.79 Å². The number of nitrogens with one attached hydrogen (secondary N) is 1. The standard InChI is InChI=1S/C20H25N3O/c1-15-6-3-4-8-19(15)18-10-16(2)23(13-18)14-20(24)22-12-17-7-5-9-21-11-17/h3-9,11,16,18H,10,12-14H2,1-2H3,(H,22,24)/t16-,18+/m0/s1. The molecule has 0 saturated carbocycles. The van der Waals surface area contributed by atoms with Crippen molar-refractivity contribution in [1.29, 1.82) is 0 Å². The van der Waals surface area contributed by atoms with E-state index in [0.717, 1.165) is 18.5 Å². The summed E-state index contributed by atoms with van der Waals surface area (Å²) < 4.78 is 0. The van der Waals surface area contributed by atoms with Gasteiger partial charge < -0.3 is 5.32 Å². The highest BCUT2D eigenvalue weighted by atomic mass is 16.2. The molecule has 1 aliphatic heterocycles. The molecule has 0 spiro atoms. The van der Waals surface area contributed by atoms with E-state index in [-0.39, 0.29) is 5.91 Å². The van der Waals surface area contributed by atoms with Crippen molar-refractivity contribution in [3.8, 4) is 0 Å². The zero-order chi connectivity index (χ0) is 16.9. The number of amides is 1. The third kappa shape index (κ3) is 4.01. The highest BCUT2D eigenvalue weighted by Gasteiger charge is 2.31. The Kier molecular flexibility index (Phi) is 5.26. The lowest BCUT2D eigenvalue weighted by atomic mass is 9.93. The third-order valence-electron chi connectivity index (χ3n) is 4.89. The quantitative estimate of drug-likeness (QED) is 0.920. The molecular weight excluding hydrogens is 298 g/mol. The van der Waals surface area contributed by atoms with E-state index in [9.17, 15) is 4.79 Å². The summed E-state index contributed by atoms with van der Waals surface area (Å²) in [4.78, 5) is 18.6. The highest BCUT2D eigenvalue weighted by Crippen LogP contribution is 2.32. The summed E-state index contributed by atoms with van der Waals surface area (Å²) in [6.07, 6.45) is 4.64. The molecule has 0 unspecified atom stereocenters. The maximum Gasteiger partial charge on any atom is 0.234 e. The number of hydrogen-bond acceptors (Lipinski definition) is 3. The van der Waals surface area contributed by atoms with Gasteiger partial charge in [0.05, 0.1) is 6.54 Å². The van der Waals surface area contributed by atoms with Crippen LogP contribution in [0.2, 0.25) is 0 Å². The van der Waals surface area contributed by atoms with E-state index in [1.807, 2.05) is 12.1 Å². The van der Waals surface area contributed by atoms with Crippen molar-refractivity contribution in [3.05, 3.63) is 65.5 Å². The van der Waals surface area contributed by atoms with Crippen LogP contribution in [0.4, 0.5) is 0 Å². The predicted molar refractivity (Wildman–Crippen MR) is 95.7 cm³/mol. The fraction of sp³-hybridized carbons (Fsp3) is 0.400. The third-order valence-corrected chi connectivity index (χ3v) is 4.89. The van der Waals surface area contributed by atoms with Crippen LogP contribution in [-0.4, -0.2) is 34.9 Å². The Morgan fingerprint density at radius 2 is 2.12 bits per heavy atom. The normalized spacial score (nSPS) is 20.9. The van der Waals surface area contributed by atoms with Crippen LogP contribution < -0.4 is 5.32 Å². The van der Waals surface area contributed by atoms with E-state index in [1.54, 1.807) is 12.4 Å². The van der Waals surface area contributed by atoms with Crippen LogP contribution in [0.25, 0.3) is 0 Å². The van der Waals surface area contributed by atoms with Crippen LogP contribution in [0.1, 0.15) is 36.0 Å². The lowest BCUT2D eigenvalue weighted by Crippen LogP contribution is -2.38. The Hall–Kier alpha value is -2.20. The van der Waals surface area contributed by atoms with Crippen molar-refractivity contribution in [2.24, 2.45) is 0 Å². The Morgan fingerprint density at radius 1 is 1.29 bits per heavy atom. The van der Waals surface area contributed by atoms with E-state index in [1.165, 1.54) is 11.1 Å². The molecule has 3 rings (SSSR count). The van der Waals surface area contributed by atoms with Crippen molar-refractivity contribution in [3.63, 3.8) is 0 Å². The van der Waals surface area contributed by atoms with Gasteiger partial charge in [-0.05, 0) is 48.9 Å². The van der Waals surface area contributed by atoms with Crippen LogP contribution in [0.5, 0.6) is 0 Å². The van der Waals surface area contributed by atoms with Crippen molar-refractivity contribution in [1.82, 2.24) is 15.2 Å². The largest absolute Gasteiger partial charge is 0.351 e. The van der Waals surface area contributed by atoms with Crippen LogP contribution in [0.15, 0.2) is 48.8 Å². The lowest BCUT2D eigenvalue weighted by Gasteiger charge is -2.20. The first-order chi connectivity index (χ1) is 11.6. The summed E-state index contributed by atoms with van der Waals surface area (Å²) in [6.45, 7) is 6.34.